The highest BCUT2D eigenvalue weighted by Crippen LogP contribution is 2.17. The molecule has 0 aliphatic carbocycles. The van der Waals surface area contributed by atoms with Gasteiger partial charge in [0.15, 0.2) is 12.3 Å². The number of nitrogens with one attached hydrogen (secondary N) is 2. The number of ether oxygens (including phenoxy) is 1. The molecule has 146 valence electrons. The van der Waals surface area contributed by atoms with Gasteiger partial charge in [-0.1, -0.05) is 13.3 Å². The molecule has 10 heteroatoms. The number of carbonyl (C=O) groups is 2. The van der Waals surface area contributed by atoms with Gasteiger partial charge in [0.25, 0.3) is 11.5 Å². The van der Waals surface area contributed by atoms with E-state index in [4.69, 9.17) is 10.5 Å². The molecule has 2 aromatic rings. The van der Waals surface area contributed by atoms with Gasteiger partial charge in [0.2, 0.25) is 0 Å². The second-order valence-electron chi connectivity index (χ2n) is 5.80. The van der Waals surface area contributed by atoms with Crippen LogP contribution in [0.2, 0.25) is 0 Å². The molecule has 0 radical (unpaired) electrons. The van der Waals surface area contributed by atoms with Crippen molar-refractivity contribution in [1.82, 2.24) is 14.5 Å². The van der Waals surface area contributed by atoms with Gasteiger partial charge in [0, 0.05) is 19.3 Å². The number of nitrogens with zero attached hydrogens (tertiary/aromatic N) is 2. The van der Waals surface area contributed by atoms with Crippen LogP contribution in [0.15, 0.2) is 27.9 Å². The van der Waals surface area contributed by atoms with E-state index in [1.807, 2.05) is 6.92 Å². The number of anilines is 2. The quantitative estimate of drug-likeness (QED) is 0.570. The molecule has 27 heavy (non-hydrogen) atoms. The van der Waals surface area contributed by atoms with Crippen molar-refractivity contribution in [3.8, 4) is 0 Å². The van der Waals surface area contributed by atoms with E-state index in [-0.39, 0.29) is 23.7 Å². The highest BCUT2D eigenvalue weighted by Gasteiger charge is 2.24. The van der Waals surface area contributed by atoms with Crippen LogP contribution in [0.25, 0.3) is 0 Å². The van der Waals surface area contributed by atoms with Gasteiger partial charge < -0.3 is 20.4 Å². The summed E-state index contributed by atoms with van der Waals surface area (Å²) in [5, 5.41) is 0. The lowest BCUT2D eigenvalue weighted by Crippen LogP contribution is -2.42. The summed E-state index contributed by atoms with van der Waals surface area (Å²) in [5.41, 5.74) is 4.69. The SMILES string of the molecule is CCCCn1c(N)c(N(CC)C(=O)COC(=O)c2ccc[nH]2)c(=O)[nH]c1=O. The predicted molar refractivity (Wildman–Crippen MR) is 99.7 cm³/mol. The Balaban J connectivity index is 2.25. The van der Waals surface area contributed by atoms with Crippen molar-refractivity contribution >= 4 is 23.4 Å². The number of hydrogen-bond donors (Lipinski definition) is 3. The molecule has 1 amide bonds. The Morgan fingerprint density at radius 1 is 1.30 bits per heavy atom. The first-order valence-corrected chi connectivity index (χ1v) is 8.64. The van der Waals surface area contributed by atoms with Crippen LogP contribution in [-0.4, -0.2) is 39.6 Å². The van der Waals surface area contributed by atoms with E-state index in [0.717, 1.165) is 11.3 Å². The number of nitrogens with two attached hydrogens (primary N) is 1. The van der Waals surface area contributed by atoms with Gasteiger partial charge in [0.1, 0.15) is 11.5 Å². The van der Waals surface area contributed by atoms with Gasteiger partial charge in [-0.05, 0) is 25.5 Å². The van der Waals surface area contributed by atoms with Gasteiger partial charge >= 0.3 is 11.7 Å². The molecule has 0 unspecified atom stereocenters. The molecule has 10 nitrogen and oxygen atoms in total. The van der Waals surface area contributed by atoms with Crippen LogP contribution in [0, 0.1) is 0 Å². The number of unbranched alkanes of at least 4 members (excludes halogenated alkanes) is 1. The van der Waals surface area contributed by atoms with Crippen molar-refractivity contribution in [3.05, 3.63) is 44.9 Å². The molecule has 0 saturated heterocycles. The molecule has 0 bridgehead atoms. The van der Waals surface area contributed by atoms with Gasteiger partial charge in [-0.25, -0.2) is 9.59 Å². The second kappa shape index (κ2) is 8.88. The molecule has 0 atom stereocenters. The van der Waals surface area contributed by atoms with Crippen molar-refractivity contribution in [2.45, 2.75) is 33.2 Å². The fourth-order valence-corrected chi connectivity index (χ4v) is 2.58. The number of aromatic nitrogens is 3. The van der Waals surface area contributed by atoms with E-state index in [9.17, 15) is 19.2 Å². The Labute approximate surface area is 154 Å². The maximum atomic E-state index is 12.5. The van der Waals surface area contributed by atoms with E-state index in [2.05, 4.69) is 9.97 Å². The first kappa shape index (κ1) is 20.0. The molecule has 4 N–H and O–H groups in total. The molecule has 2 heterocycles. The number of H-pyrrole nitrogens is 2. The Hall–Kier alpha value is -3.30. The monoisotopic (exact) mass is 377 g/mol. The maximum Gasteiger partial charge on any atom is 0.355 e. The average molecular weight is 377 g/mol. The molecule has 0 spiro atoms. The molecule has 0 fully saturated rings. The number of rotatable bonds is 8. The minimum atomic E-state index is -0.767. The zero-order valence-electron chi connectivity index (χ0n) is 15.3. The van der Waals surface area contributed by atoms with Crippen LogP contribution < -0.4 is 21.9 Å². The third kappa shape index (κ3) is 4.46. The van der Waals surface area contributed by atoms with E-state index >= 15 is 0 Å². The van der Waals surface area contributed by atoms with Crippen molar-refractivity contribution in [2.24, 2.45) is 0 Å². The lowest BCUT2D eigenvalue weighted by Gasteiger charge is -2.23. The third-order valence-corrected chi connectivity index (χ3v) is 3.98. The highest BCUT2D eigenvalue weighted by atomic mass is 16.5. The molecule has 2 aromatic heterocycles. The predicted octanol–water partition coefficient (Wildman–Crippen LogP) is 0.457. The topological polar surface area (TPSA) is 143 Å². The van der Waals surface area contributed by atoms with Crippen molar-refractivity contribution in [1.29, 1.82) is 0 Å². The zero-order chi connectivity index (χ0) is 20.0. The summed E-state index contributed by atoms with van der Waals surface area (Å²) in [6.07, 6.45) is 3.06. The zero-order valence-corrected chi connectivity index (χ0v) is 15.3. The number of nitrogen functional groups attached to an aromatic ring is 1. The number of aromatic amines is 2. The molecule has 2 rings (SSSR count). The van der Waals surface area contributed by atoms with E-state index in [0.29, 0.717) is 13.0 Å². The summed E-state index contributed by atoms with van der Waals surface area (Å²) >= 11 is 0. The average Bonchev–Trinajstić information content (AvgIpc) is 3.17. The summed E-state index contributed by atoms with van der Waals surface area (Å²) in [5.74, 6) is -1.42. The van der Waals surface area contributed by atoms with E-state index in [1.54, 1.807) is 19.2 Å². The molecular weight excluding hydrogens is 354 g/mol. The molecule has 0 aliphatic rings. The minimum Gasteiger partial charge on any atom is -0.451 e. The molecule has 0 aromatic carbocycles. The minimum absolute atomic E-state index is 0.0944. The Bertz CT molecular complexity index is 913. The third-order valence-electron chi connectivity index (χ3n) is 3.98. The largest absolute Gasteiger partial charge is 0.451 e. The summed E-state index contributed by atoms with van der Waals surface area (Å²) in [6.45, 7) is 3.45. The van der Waals surface area contributed by atoms with Gasteiger partial charge in [-0.15, -0.1) is 0 Å². The lowest BCUT2D eigenvalue weighted by atomic mass is 10.3. The van der Waals surface area contributed by atoms with Gasteiger partial charge in [-0.3, -0.25) is 19.1 Å². The van der Waals surface area contributed by atoms with Crippen LogP contribution in [-0.2, 0) is 16.1 Å². The maximum absolute atomic E-state index is 12.5. The Kier molecular flexibility index (Phi) is 6.58. The highest BCUT2D eigenvalue weighted by molar-refractivity contribution is 5.98. The van der Waals surface area contributed by atoms with E-state index in [1.165, 1.54) is 10.6 Å². The van der Waals surface area contributed by atoms with Gasteiger partial charge in [-0.2, -0.15) is 0 Å². The molecule has 0 saturated carbocycles. The molecular formula is C17H23N5O5. The van der Waals surface area contributed by atoms with Crippen LogP contribution >= 0.6 is 0 Å². The number of carbonyl (C=O) groups excluding carboxylic acids is 2. The van der Waals surface area contributed by atoms with E-state index < -0.39 is 29.7 Å². The smallest absolute Gasteiger partial charge is 0.355 e. The molecule has 0 aliphatic heterocycles. The fourth-order valence-electron chi connectivity index (χ4n) is 2.58. The van der Waals surface area contributed by atoms with Crippen LogP contribution in [0.3, 0.4) is 0 Å². The summed E-state index contributed by atoms with van der Waals surface area (Å²) in [4.78, 5) is 54.6. The first-order chi connectivity index (χ1) is 12.9. The first-order valence-electron chi connectivity index (χ1n) is 8.64. The standard InChI is InChI=1S/C17H23N5O5/c1-3-5-9-22-14(18)13(15(24)20-17(22)26)21(4-2)12(23)10-27-16(25)11-7-6-8-19-11/h6-8,19H,3-5,9-10,18H2,1-2H3,(H,20,24,26). The van der Waals surface area contributed by atoms with Crippen molar-refractivity contribution in [2.75, 3.05) is 23.8 Å². The fraction of sp³-hybridized carbons (Fsp3) is 0.412. The number of likely N-dealkylation sites (N-methyl/N-ethyl adjacent to an activating group) is 1. The van der Waals surface area contributed by atoms with Gasteiger partial charge in [0.05, 0.1) is 0 Å². The van der Waals surface area contributed by atoms with Crippen LogP contribution in [0.4, 0.5) is 11.5 Å². The number of amides is 1. The Morgan fingerprint density at radius 2 is 2.04 bits per heavy atom. The number of hydrogen-bond acceptors (Lipinski definition) is 6. The summed E-state index contributed by atoms with van der Waals surface area (Å²) in [6, 6.07) is 3.13. The van der Waals surface area contributed by atoms with Crippen molar-refractivity contribution in [3.63, 3.8) is 0 Å². The summed E-state index contributed by atoms with van der Waals surface area (Å²) in [7, 11) is 0. The normalized spacial score (nSPS) is 10.6. The lowest BCUT2D eigenvalue weighted by molar-refractivity contribution is -0.121. The second-order valence-corrected chi connectivity index (χ2v) is 5.80. The van der Waals surface area contributed by atoms with Crippen molar-refractivity contribution < 1.29 is 14.3 Å². The Morgan fingerprint density at radius 3 is 2.63 bits per heavy atom. The number of esters is 1. The summed E-state index contributed by atoms with van der Waals surface area (Å²) < 4.78 is 6.19. The van der Waals surface area contributed by atoms with Crippen LogP contribution in [0.5, 0.6) is 0 Å². The van der Waals surface area contributed by atoms with Crippen LogP contribution in [0.1, 0.15) is 37.2 Å².